The monoisotopic (exact) mass is 222 g/mol. The molecule has 0 radical (unpaired) electrons. The van der Waals surface area contributed by atoms with E-state index in [4.69, 9.17) is 5.10 Å². The molecule has 2 heteroatoms. The quantitative estimate of drug-likeness (QED) is 0.700. The van der Waals surface area contributed by atoms with E-state index in [-0.39, 0.29) is 11.0 Å². The Balaban J connectivity index is 3.32. The van der Waals surface area contributed by atoms with E-state index in [0.29, 0.717) is 5.92 Å². The van der Waals surface area contributed by atoms with Crippen molar-refractivity contribution in [2.75, 3.05) is 0 Å². The molecule has 1 rings (SSSR count). The zero-order valence-corrected chi connectivity index (χ0v) is 12.0. The molecule has 0 fully saturated rings. The number of hydrogen-bond acceptors (Lipinski definition) is 1. The zero-order chi connectivity index (χ0) is 12.7. The fourth-order valence-electron chi connectivity index (χ4n) is 1.74. The summed E-state index contributed by atoms with van der Waals surface area (Å²) in [4.78, 5) is 0. The number of hydrogen-bond donors (Lipinski definition) is 0. The summed E-state index contributed by atoms with van der Waals surface area (Å²) in [5, 5.41) is 4.76. The van der Waals surface area contributed by atoms with Gasteiger partial charge in [0, 0.05) is 6.20 Å². The van der Waals surface area contributed by atoms with Crippen LogP contribution in [-0.2, 0) is 11.0 Å². The lowest BCUT2D eigenvalue weighted by Gasteiger charge is -2.20. The van der Waals surface area contributed by atoms with Gasteiger partial charge in [0.25, 0.3) is 0 Å². The van der Waals surface area contributed by atoms with Gasteiger partial charge >= 0.3 is 0 Å². The van der Waals surface area contributed by atoms with Crippen LogP contribution in [0.25, 0.3) is 0 Å². The van der Waals surface area contributed by atoms with Crippen LogP contribution in [0.15, 0.2) is 6.20 Å². The van der Waals surface area contributed by atoms with Crippen molar-refractivity contribution in [3.8, 4) is 0 Å². The first-order valence-electron chi connectivity index (χ1n) is 6.14. The van der Waals surface area contributed by atoms with Gasteiger partial charge in [-0.05, 0) is 37.7 Å². The molecule has 0 N–H and O–H groups in total. The summed E-state index contributed by atoms with van der Waals surface area (Å²) in [6.07, 6.45) is 2.22. The highest BCUT2D eigenvalue weighted by Gasteiger charge is 2.26. The van der Waals surface area contributed by atoms with E-state index < -0.39 is 0 Å². The molecule has 0 aromatic carbocycles. The Labute approximate surface area is 100 Å². The molecule has 0 atom stereocenters. The van der Waals surface area contributed by atoms with E-state index in [1.54, 1.807) is 0 Å². The number of nitrogens with zero attached hydrogens (tertiary/aromatic N) is 2. The number of aromatic nitrogens is 2. The van der Waals surface area contributed by atoms with E-state index in [9.17, 15) is 0 Å². The molecule has 0 aliphatic carbocycles. The minimum Gasteiger partial charge on any atom is -0.267 e. The minimum atomic E-state index is 0.0626. The fraction of sp³-hybridized carbons (Fsp3) is 0.786. The van der Waals surface area contributed by atoms with Crippen molar-refractivity contribution in [3.63, 3.8) is 0 Å². The summed E-state index contributed by atoms with van der Waals surface area (Å²) in [5.74, 6) is 0.484. The van der Waals surface area contributed by atoms with Gasteiger partial charge in [-0.1, -0.05) is 34.6 Å². The second kappa shape index (κ2) is 3.90. The first kappa shape index (κ1) is 13.3. The van der Waals surface area contributed by atoms with E-state index in [1.165, 1.54) is 11.3 Å². The van der Waals surface area contributed by atoms with Gasteiger partial charge in [0.2, 0.25) is 0 Å². The Morgan fingerprint density at radius 2 is 1.56 bits per heavy atom. The van der Waals surface area contributed by atoms with Gasteiger partial charge in [0.1, 0.15) is 0 Å². The normalized spacial score (nSPS) is 13.6. The molecule has 1 aromatic rings. The topological polar surface area (TPSA) is 17.8 Å². The van der Waals surface area contributed by atoms with Crippen molar-refractivity contribution < 1.29 is 0 Å². The van der Waals surface area contributed by atoms with Crippen LogP contribution in [0.1, 0.15) is 72.6 Å². The van der Waals surface area contributed by atoms with Crippen LogP contribution in [0, 0.1) is 0 Å². The van der Waals surface area contributed by atoms with Crippen molar-refractivity contribution in [3.05, 3.63) is 17.5 Å². The van der Waals surface area contributed by atoms with Gasteiger partial charge in [-0.2, -0.15) is 5.10 Å². The zero-order valence-electron chi connectivity index (χ0n) is 12.0. The van der Waals surface area contributed by atoms with E-state index in [2.05, 4.69) is 66.3 Å². The first-order valence-corrected chi connectivity index (χ1v) is 6.14. The van der Waals surface area contributed by atoms with Gasteiger partial charge in [0.05, 0.1) is 11.2 Å². The summed E-state index contributed by atoms with van der Waals surface area (Å²) in [5.41, 5.74) is 2.84. The van der Waals surface area contributed by atoms with Crippen molar-refractivity contribution in [1.82, 2.24) is 9.78 Å². The molecular weight excluding hydrogens is 196 g/mol. The third kappa shape index (κ3) is 2.66. The Morgan fingerprint density at radius 3 is 1.81 bits per heavy atom. The molecule has 16 heavy (non-hydrogen) atoms. The Bertz CT molecular complexity index is 359. The molecule has 0 unspecified atom stereocenters. The van der Waals surface area contributed by atoms with Crippen LogP contribution < -0.4 is 0 Å². The summed E-state index contributed by atoms with van der Waals surface area (Å²) >= 11 is 0. The Hall–Kier alpha value is -0.790. The van der Waals surface area contributed by atoms with Gasteiger partial charge in [-0.3, -0.25) is 4.68 Å². The van der Waals surface area contributed by atoms with Crippen LogP contribution in [0.4, 0.5) is 0 Å². The Morgan fingerprint density at radius 1 is 1.06 bits per heavy atom. The molecule has 0 spiro atoms. The van der Waals surface area contributed by atoms with Gasteiger partial charge in [-0.15, -0.1) is 0 Å². The molecule has 1 aromatic heterocycles. The van der Waals surface area contributed by atoms with Crippen LogP contribution in [-0.4, -0.2) is 9.78 Å². The maximum atomic E-state index is 4.76. The van der Waals surface area contributed by atoms with Gasteiger partial charge in [-0.25, -0.2) is 0 Å². The highest BCUT2D eigenvalue weighted by Crippen LogP contribution is 2.31. The molecule has 0 bridgehead atoms. The molecule has 0 aliphatic rings. The van der Waals surface area contributed by atoms with Crippen molar-refractivity contribution >= 4 is 0 Å². The number of rotatable bonds is 1. The smallest absolute Gasteiger partial charge is 0.0687 e. The largest absolute Gasteiger partial charge is 0.267 e. The van der Waals surface area contributed by atoms with Gasteiger partial charge < -0.3 is 0 Å². The summed E-state index contributed by atoms with van der Waals surface area (Å²) < 4.78 is 2.10. The van der Waals surface area contributed by atoms with Crippen LogP contribution in [0.3, 0.4) is 0 Å². The van der Waals surface area contributed by atoms with Crippen LogP contribution >= 0.6 is 0 Å². The van der Waals surface area contributed by atoms with Crippen molar-refractivity contribution in [2.24, 2.45) is 0 Å². The lowest BCUT2D eigenvalue weighted by molar-refractivity contribution is 0.352. The lowest BCUT2D eigenvalue weighted by Crippen LogP contribution is -2.22. The van der Waals surface area contributed by atoms with Crippen LogP contribution in [0.2, 0.25) is 0 Å². The molecule has 2 nitrogen and oxygen atoms in total. The molecule has 0 aliphatic heterocycles. The average molecular weight is 222 g/mol. The second-order valence-corrected chi connectivity index (χ2v) is 6.95. The summed E-state index contributed by atoms with van der Waals surface area (Å²) in [6.45, 7) is 17.8. The third-order valence-electron chi connectivity index (χ3n) is 2.78. The predicted molar refractivity (Wildman–Crippen MR) is 70.0 cm³/mol. The van der Waals surface area contributed by atoms with Crippen molar-refractivity contribution in [1.29, 1.82) is 0 Å². The SMILES string of the molecule is CC(C)c1nn(C(C)(C)C)cc1C(C)(C)C. The Kier molecular flexibility index (Phi) is 3.24. The molecule has 92 valence electrons. The summed E-state index contributed by atoms with van der Waals surface area (Å²) in [6, 6.07) is 0. The highest BCUT2D eigenvalue weighted by molar-refractivity contribution is 5.28. The summed E-state index contributed by atoms with van der Waals surface area (Å²) in [7, 11) is 0. The second-order valence-electron chi connectivity index (χ2n) is 6.95. The molecular formula is C14H26N2. The van der Waals surface area contributed by atoms with Crippen molar-refractivity contribution in [2.45, 2.75) is 72.3 Å². The van der Waals surface area contributed by atoms with E-state index in [0.717, 1.165) is 0 Å². The fourth-order valence-corrected chi connectivity index (χ4v) is 1.74. The third-order valence-corrected chi connectivity index (χ3v) is 2.78. The average Bonchev–Trinajstić information content (AvgIpc) is 2.44. The molecule has 0 saturated heterocycles. The maximum Gasteiger partial charge on any atom is 0.0687 e. The minimum absolute atomic E-state index is 0.0626. The molecule has 1 heterocycles. The molecule has 0 saturated carbocycles. The van der Waals surface area contributed by atoms with E-state index >= 15 is 0 Å². The molecule has 0 amide bonds. The standard InChI is InChI=1S/C14H26N2/c1-10(2)12-11(13(3,4)5)9-16(15-12)14(6,7)8/h9-10H,1-8H3. The van der Waals surface area contributed by atoms with Gasteiger partial charge in [0.15, 0.2) is 0 Å². The lowest BCUT2D eigenvalue weighted by atomic mass is 9.85. The van der Waals surface area contributed by atoms with E-state index in [1.807, 2.05) is 0 Å². The first-order chi connectivity index (χ1) is 7.03. The highest BCUT2D eigenvalue weighted by atomic mass is 15.3. The predicted octanol–water partition coefficient (Wildman–Crippen LogP) is 4.06. The maximum absolute atomic E-state index is 4.76. The van der Waals surface area contributed by atoms with Crippen LogP contribution in [0.5, 0.6) is 0 Å².